The average Bonchev–Trinajstić information content (AvgIpc) is 2.20. The fourth-order valence-electron chi connectivity index (χ4n) is 1.30. The second kappa shape index (κ2) is 5.73. The molecule has 5 nitrogen and oxygen atoms in total. The van der Waals surface area contributed by atoms with Gasteiger partial charge in [-0.1, -0.05) is 23.2 Å². The van der Waals surface area contributed by atoms with Crippen LogP contribution < -0.4 is 10.6 Å². The molecule has 8 heteroatoms. The highest BCUT2D eigenvalue weighted by atomic mass is 35.5. The van der Waals surface area contributed by atoms with Gasteiger partial charge in [-0.3, -0.25) is 0 Å². The van der Waals surface area contributed by atoms with E-state index in [4.69, 9.17) is 29.1 Å². The van der Waals surface area contributed by atoms with Crippen molar-refractivity contribution in [2.24, 2.45) is 5.90 Å². The van der Waals surface area contributed by atoms with Crippen molar-refractivity contribution in [3.05, 3.63) is 28.2 Å². The van der Waals surface area contributed by atoms with Crippen LogP contribution in [-0.4, -0.2) is 20.6 Å². The molecule has 0 atom stereocenters. The Morgan fingerprint density at radius 3 is 2.44 bits per heavy atom. The van der Waals surface area contributed by atoms with Crippen molar-refractivity contribution in [3.63, 3.8) is 0 Å². The zero-order chi connectivity index (χ0) is 14.0. The van der Waals surface area contributed by atoms with Gasteiger partial charge in [-0.15, -0.1) is 0 Å². The first-order valence-corrected chi connectivity index (χ1v) is 7.22. The molecule has 0 bridgehead atoms. The van der Waals surface area contributed by atoms with E-state index >= 15 is 0 Å². The van der Waals surface area contributed by atoms with E-state index in [0.29, 0.717) is 5.02 Å². The highest BCUT2D eigenvalue weighted by Gasteiger charge is 2.26. The molecule has 0 aliphatic rings. The molecular formula is C10H14Cl2N2O3S. The molecule has 0 fully saturated rings. The molecule has 0 saturated heterocycles. The zero-order valence-electron chi connectivity index (χ0n) is 9.91. The summed E-state index contributed by atoms with van der Waals surface area (Å²) in [5, 5.41) is 0.465. The van der Waals surface area contributed by atoms with Crippen LogP contribution in [0.1, 0.15) is 13.8 Å². The molecule has 0 aliphatic heterocycles. The van der Waals surface area contributed by atoms with Gasteiger partial charge in [-0.25, -0.2) is 19.0 Å². The van der Waals surface area contributed by atoms with Crippen molar-refractivity contribution >= 4 is 33.2 Å². The third kappa shape index (κ3) is 4.08. The van der Waals surface area contributed by atoms with Crippen LogP contribution in [0, 0.1) is 0 Å². The fourth-order valence-corrected chi connectivity index (χ4v) is 3.09. The first-order valence-electron chi connectivity index (χ1n) is 4.99. The van der Waals surface area contributed by atoms with Crippen LogP contribution in [0.4, 0.5) is 0 Å². The van der Waals surface area contributed by atoms with Gasteiger partial charge in [0.1, 0.15) is 0 Å². The first-order chi connectivity index (χ1) is 8.18. The minimum Gasteiger partial charge on any atom is -0.303 e. The fraction of sp³-hybridized carbons (Fsp3) is 0.400. The summed E-state index contributed by atoms with van der Waals surface area (Å²) in [5.74, 6) is 4.94. The monoisotopic (exact) mass is 312 g/mol. The number of halogens is 2. The van der Waals surface area contributed by atoms with Crippen molar-refractivity contribution in [2.45, 2.75) is 24.3 Å². The lowest BCUT2D eigenvalue weighted by Crippen LogP contribution is -2.47. The largest absolute Gasteiger partial charge is 0.303 e. The standard InChI is InChI=1S/C10H14Cl2N2O3S/c1-10(2,6-17-13)14-18(15,16)7-3-4-8(11)9(12)5-7/h3-5,14H,6,13H2,1-2H3. The molecule has 0 saturated carbocycles. The molecular weight excluding hydrogens is 299 g/mol. The Bertz CT molecular complexity index is 532. The molecule has 0 aliphatic carbocycles. The number of nitrogens with two attached hydrogens (primary N) is 1. The topological polar surface area (TPSA) is 81.4 Å². The highest BCUT2D eigenvalue weighted by molar-refractivity contribution is 7.89. The molecule has 1 aromatic rings. The van der Waals surface area contributed by atoms with E-state index in [1.807, 2.05) is 0 Å². The van der Waals surface area contributed by atoms with Crippen molar-refractivity contribution in [2.75, 3.05) is 6.61 Å². The Morgan fingerprint density at radius 2 is 1.94 bits per heavy atom. The van der Waals surface area contributed by atoms with Gasteiger partial charge in [0.2, 0.25) is 10.0 Å². The Hall–Kier alpha value is -0.370. The second-order valence-corrected chi connectivity index (χ2v) is 6.87. The SMILES string of the molecule is CC(C)(CON)NS(=O)(=O)c1ccc(Cl)c(Cl)c1. The molecule has 0 amide bonds. The van der Waals surface area contributed by atoms with Crippen molar-refractivity contribution < 1.29 is 13.3 Å². The van der Waals surface area contributed by atoms with Crippen LogP contribution in [0.15, 0.2) is 23.1 Å². The predicted octanol–water partition coefficient (Wildman–Crippen LogP) is 1.94. The maximum absolute atomic E-state index is 12.1. The number of nitrogens with one attached hydrogen (secondary N) is 1. The third-order valence-electron chi connectivity index (χ3n) is 2.06. The number of sulfonamides is 1. The van der Waals surface area contributed by atoms with Crippen LogP contribution >= 0.6 is 23.2 Å². The van der Waals surface area contributed by atoms with Gasteiger partial charge in [-0.05, 0) is 32.0 Å². The van der Waals surface area contributed by atoms with Gasteiger partial charge in [0.25, 0.3) is 0 Å². The Balaban J connectivity index is 3.03. The summed E-state index contributed by atoms with van der Waals surface area (Å²) in [6, 6.07) is 4.08. The van der Waals surface area contributed by atoms with Gasteiger partial charge in [0.05, 0.1) is 27.1 Å². The Labute approximate surface area is 116 Å². The summed E-state index contributed by atoms with van der Waals surface area (Å²) in [5.41, 5.74) is -0.834. The number of benzene rings is 1. The molecule has 18 heavy (non-hydrogen) atoms. The van der Waals surface area contributed by atoms with Crippen molar-refractivity contribution in [1.29, 1.82) is 0 Å². The summed E-state index contributed by atoms with van der Waals surface area (Å²) in [6.45, 7) is 3.33. The lowest BCUT2D eigenvalue weighted by atomic mass is 10.1. The molecule has 0 heterocycles. The highest BCUT2D eigenvalue weighted by Crippen LogP contribution is 2.25. The maximum Gasteiger partial charge on any atom is 0.241 e. The molecule has 3 N–H and O–H groups in total. The van der Waals surface area contributed by atoms with E-state index in [1.54, 1.807) is 13.8 Å². The zero-order valence-corrected chi connectivity index (χ0v) is 12.2. The van der Waals surface area contributed by atoms with Gasteiger partial charge >= 0.3 is 0 Å². The van der Waals surface area contributed by atoms with Crippen molar-refractivity contribution in [3.8, 4) is 0 Å². The average molecular weight is 313 g/mol. The van der Waals surface area contributed by atoms with Crippen LogP contribution in [0.25, 0.3) is 0 Å². The summed E-state index contributed by atoms with van der Waals surface area (Å²) in [7, 11) is -3.71. The van der Waals surface area contributed by atoms with Gasteiger partial charge in [-0.2, -0.15) is 0 Å². The lowest BCUT2D eigenvalue weighted by molar-refractivity contribution is 0.0929. The van der Waals surface area contributed by atoms with E-state index < -0.39 is 15.6 Å². The van der Waals surface area contributed by atoms with Crippen LogP contribution in [0.3, 0.4) is 0 Å². The molecule has 0 spiro atoms. The normalized spacial score (nSPS) is 12.7. The number of hydrogen-bond donors (Lipinski definition) is 2. The smallest absolute Gasteiger partial charge is 0.241 e. The minimum absolute atomic E-state index is 0.0296. The third-order valence-corrected chi connectivity index (χ3v) is 4.49. The van der Waals surface area contributed by atoms with Crippen LogP contribution in [-0.2, 0) is 14.9 Å². The van der Waals surface area contributed by atoms with Crippen LogP contribution in [0.5, 0.6) is 0 Å². The summed E-state index contributed by atoms with van der Waals surface area (Å²) in [6.07, 6.45) is 0. The molecule has 1 aromatic carbocycles. The minimum atomic E-state index is -3.71. The molecule has 0 radical (unpaired) electrons. The van der Waals surface area contributed by atoms with E-state index in [-0.39, 0.29) is 16.5 Å². The summed E-state index contributed by atoms with van der Waals surface area (Å²) >= 11 is 11.5. The predicted molar refractivity (Wildman–Crippen MR) is 71.0 cm³/mol. The van der Waals surface area contributed by atoms with Crippen LogP contribution in [0.2, 0.25) is 10.0 Å². The first kappa shape index (κ1) is 15.7. The summed E-state index contributed by atoms with van der Waals surface area (Å²) in [4.78, 5) is 4.49. The Kier molecular flexibility index (Phi) is 4.99. The Morgan fingerprint density at radius 1 is 1.33 bits per heavy atom. The van der Waals surface area contributed by atoms with E-state index in [2.05, 4.69) is 9.56 Å². The number of hydrogen-bond acceptors (Lipinski definition) is 4. The molecule has 102 valence electrons. The number of rotatable bonds is 5. The van der Waals surface area contributed by atoms with Crippen molar-refractivity contribution in [1.82, 2.24) is 4.72 Å². The summed E-state index contributed by atoms with van der Waals surface area (Å²) < 4.78 is 26.6. The van der Waals surface area contributed by atoms with E-state index in [1.165, 1.54) is 18.2 Å². The van der Waals surface area contributed by atoms with E-state index in [0.717, 1.165) is 0 Å². The quantitative estimate of drug-likeness (QED) is 0.814. The molecule has 0 unspecified atom stereocenters. The van der Waals surface area contributed by atoms with Gasteiger partial charge in [0, 0.05) is 0 Å². The molecule has 1 rings (SSSR count). The molecule has 0 aromatic heterocycles. The van der Waals surface area contributed by atoms with Gasteiger partial charge in [0.15, 0.2) is 0 Å². The van der Waals surface area contributed by atoms with Gasteiger partial charge < -0.3 is 4.84 Å². The maximum atomic E-state index is 12.1. The lowest BCUT2D eigenvalue weighted by Gasteiger charge is -2.24. The van der Waals surface area contributed by atoms with E-state index in [9.17, 15) is 8.42 Å². The second-order valence-electron chi connectivity index (χ2n) is 4.38.